The van der Waals surface area contributed by atoms with Gasteiger partial charge < -0.3 is 22.3 Å². The largest absolute Gasteiger partial charge is 0.508 e. The lowest BCUT2D eigenvalue weighted by atomic mass is 9.63. The van der Waals surface area contributed by atoms with Crippen molar-refractivity contribution in [1.82, 2.24) is 0 Å². The summed E-state index contributed by atoms with van der Waals surface area (Å²) in [4.78, 5) is 0. The van der Waals surface area contributed by atoms with Crippen LogP contribution in [-0.4, -0.2) is 21.7 Å². The van der Waals surface area contributed by atoms with Crippen molar-refractivity contribution in [3.05, 3.63) is 41.5 Å². The average molecular weight is 259 g/mol. The van der Waals surface area contributed by atoms with Crippen LogP contribution in [-0.2, 0) is 12.8 Å². The fourth-order valence-electron chi connectivity index (χ4n) is 3.74. The standard InChI is InChI=1S/C15H21N3O/c1-9-6-14(17)8-11-10(4-3-5-12(11)19)7-15(14,18)13(9,2)16/h3-5,19H,1,6-8,16-18H2,2H3. The second-order valence-corrected chi connectivity index (χ2v) is 6.38. The number of nitrogens with two attached hydrogens (primary N) is 3. The molecule has 0 spiro atoms. The number of rotatable bonds is 0. The fourth-order valence-corrected chi connectivity index (χ4v) is 3.74. The van der Waals surface area contributed by atoms with Crippen molar-refractivity contribution in [3.63, 3.8) is 0 Å². The third-order valence-corrected chi connectivity index (χ3v) is 5.29. The molecule has 3 atom stereocenters. The molecule has 0 heterocycles. The van der Waals surface area contributed by atoms with Crippen LogP contribution in [0.3, 0.4) is 0 Å². The lowest BCUT2D eigenvalue weighted by Crippen LogP contribution is -2.76. The summed E-state index contributed by atoms with van der Waals surface area (Å²) in [5, 5.41) is 10.0. The molecular formula is C15H21N3O. The van der Waals surface area contributed by atoms with Gasteiger partial charge in [0.2, 0.25) is 0 Å². The third kappa shape index (κ3) is 1.34. The first-order chi connectivity index (χ1) is 8.71. The molecule has 1 aromatic carbocycles. The van der Waals surface area contributed by atoms with Crippen molar-refractivity contribution < 1.29 is 5.11 Å². The van der Waals surface area contributed by atoms with Gasteiger partial charge in [0.25, 0.3) is 0 Å². The lowest BCUT2D eigenvalue weighted by Gasteiger charge is -2.50. The number of aromatic hydroxyl groups is 1. The minimum Gasteiger partial charge on any atom is -0.508 e. The summed E-state index contributed by atoms with van der Waals surface area (Å²) in [7, 11) is 0. The number of hydrogen-bond acceptors (Lipinski definition) is 4. The molecule has 102 valence electrons. The summed E-state index contributed by atoms with van der Waals surface area (Å²) in [5.74, 6) is 0.292. The quantitative estimate of drug-likeness (QED) is 0.512. The minimum atomic E-state index is -0.724. The maximum Gasteiger partial charge on any atom is 0.119 e. The van der Waals surface area contributed by atoms with E-state index in [1.807, 2.05) is 19.1 Å². The molecular weight excluding hydrogens is 238 g/mol. The van der Waals surface area contributed by atoms with Crippen LogP contribution in [0.4, 0.5) is 0 Å². The predicted molar refractivity (Wildman–Crippen MR) is 75.7 cm³/mol. The Morgan fingerprint density at radius 1 is 1.16 bits per heavy atom. The van der Waals surface area contributed by atoms with Gasteiger partial charge in [-0.05, 0) is 43.4 Å². The van der Waals surface area contributed by atoms with Crippen molar-refractivity contribution in [2.75, 3.05) is 0 Å². The Kier molecular flexibility index (Phi) is 2.26. The molecule has 0 radical (unpaired) electrons. The summed E-state index contributed by atoms with van der Waals surface area (Å²) in [6.07, 6.45) is 1.71. The molecule has 4 heteroatoms. The maximum absolute atomic E-state index is 10.0. The lowest BCUT2D eigenvalue weighted by molar-refractivity contribution is 0.179. The van der Waals surface area contributed by atoms with Gasteiger partial charge in [0.05, 0.1) is 11.1 Å². The highest BCUT2D eigenvalue weighted by atomic mass is 16.3. The Morgan fingerprint density at radius 2 is 1.84 bits per heavy atom. The van der Waals surface area contributed by atoms with Gasteiger partial charge in [0.1, 0.15) is 5.75 Å². The smallest absolute Gasteiger partial charge is 0.119 e. The Morgan fingerprint density at radius 3 is 2.53 bits per heavy atom. The predicted octanol–water partition coefficient (Wildman–Crippen LogP) is 0.563. The Balaban J connectivity index is 2.20. The SMILES string of the molecule is C=C1CC2(N)Cc3c(O)cccc3CC2(N)C1(C)N. The van der Waals surface area contributed by atoms with Gasteiger partial charge in [-0.25, -0.2) is 0 Å². The first-order valence-electron chi connectivity index (χ1n) is 6.56. The van der Waals surface area contributed by atoms with E-state index >= 15 is 0 Å². The van der Waals surface area contributed by atoms with Crippen molar-refractivity contribution in [1.29, 1.82) is 0 Å². The van der Waals surface area contributed by atoms with Gasteiger partial charge in [0.15, 0.2) is 0 Å². The van der Waals surface area contributed by atoms with E-state index in [4.69, 9.17) is 17.2 Å². The molecule has 4 nitrogen and oxygen atoms in total. The van der Waals surface area contributed by atoms with Gasteiger partial charge in [-0.15, -0.1) is 0 Å². The molecule has 1 aromatic rings. The van der Waals surface area contributed by atoms with Crippen LogP contribution < -0.4 is 17.2 Å². The molecule has 3 unspecified atom stereocenters. The van der Waals surface area contributed by atoms with Crippen LogP contribution in [0.1, 0.15) is 24.5 Å². The molecule has 0 bridgehead atoms. The first-order valence-corrected chi connectivity index (χ1v) is 6.56. The van der Waals surface area contributed by atoms with Crippen molar-refractivity contribution in [3.8, 4) is 5.75 Å². The van der Waals surface area contributed by atoms with Crippen molar-refractivity contribution in [2.45, 2.75) is 42.8 Å². The minimum absolute atomic E-state index is 0.292. The Hall–Kier alpha value is -1.36. The zero-order valence-corrected chi connectivity index (χ0v) is 11.2. The molecule has 19 heavy (non-hydrogen) atoms. The molecule has 1 saturated carbocycles. The normalized spacial score (nSPS) is 40.9. The highest BCUT2D eigenvalue weighted by molar-refractivity contribution is 5.51. The third-order valence-electron chi connectivity index (χ3n) is 5.29. The van der Waals surface area contributed by atoms with Crippen LogP contribution in [0.25, 0.3) is 0 Å². The highest BCUT2D eigenvalue weighted by Gasteiger charge is 2.64. The van der Waals surface area contributed by atoms with Crippen LogP contribution in [0.2, 0.25) is 0 Å². The number of benzene rings is 1. The Bertz CT molecular complexity index is 581. The molecule has 0 saturated heterocycles. The molecule has 2 aliphatic rings. The highest BCUT2D eigenvalue weighted by Crippen LogP contribution is 2.51. The van der Waals surface area contributed by atoms with E-state index < -0.39 is 16.6 Å². The molecule has 2 aliphatic carbocycles. The molecule has 0 amide bonds. The average Bonchev–Trinajstić information content (AvgIpc) is 2.44. The Labute approximate surface area is 113 Å². The van der Waals surface area contributed by atoms with E-state index in [1.54, 1.807) is 6.07 Å². The van der Waals surface area contributed by atoms with Gasteiger partial charge >= 0.3 is 0 Å². The topological polar surface area (TPSA) is 98.3 Å². The van der Waals surface area contributed by atoms with Gasteiger partial charge in [-0.3, -0.25) is 0 Å². The van der Waals surface area contributed by atoms with E-state index in [0.717, 1.165) is 16.7 Å². The number of fused-ring (bicyclic) bond motifs is 2. The monoisotopic (exact) mass is 259 g/mol. The fraction of sp³-hybridized carbons (Fsp3) is 0.467. The van der Waals surface area contributed by atoms with E-state index in [2.05, 4.69) is 6.58 Å². The van der Waals surface area contributed by atoms with Crippen LogP contribution in [0.5, 0.6) is 5.75 Å². The summed E-state index contributed by atoms with van der Waals surface area (Å²) >= 11 is 0. The van der Waals surface area contributed by atoms with E-state index in [1.165, 1.54) is 0 Å². The van der Waals surface area contributed by atoms with Crippen LogP contribution in [0, 0.1) is 0 Å². The maximum atomic E-state index is 10.0. The number of phenolic OH excluding ortho intramolecular Hbond substituents is 1. The summed E-state index contributed by atoms with van der Waals surface area (Å²) < 4.78 is 0. The molecule has 7 N–H and O–H groups in total. The van der Waals surface area contributed by atoms with E-state index in [-0.39, 0.29) is 0 Å². The second-order valence-electron chi connectivity index (χ2n) is 6.38. The van der Waals surface area contributed by atoms with Gasteiger partial charge in [-0.2, -0.15) is 0 Å². The first kappa shape index (κ1) is 12.7. The van der Waals surface area contributed by atoms with Gasteiger partial charge in [0, 0.05) is 5.54 Å². The van der Waals surface area contributed by atoms with Crippen molar-refractivity contribution >= 4 is 0 Å². The number of phenols is 1. The molecule has 0 aliphatic heterocycles. The van der Waals surface area contributed by atoms with Crippen LogP contribution in [0.15, 0.2) is 30.4 Å². The molecule has 3 rings (SSSR count). The summed E-state index contributed by atoms with van der Waals surface area (Å²) in [6.45, 7) is 5.97. The van der Waals surface area contributed by atoms with E-state index in [0.29, 0.717) is 25.0 Å². The zero-order chi connectivity index (χ0) is 14.1. The zero-order valence-electron chi connectivity index (χ0n) is 11.2. The summed E-state index contributed by atoms with van der Waals surface area (Å²) in [6, 6.07) is 5.51. The van der Waals surface area contributed by atoms with Crippen LogP contribution >= 0.6 is 0 Å². The van der Waals surface area contributed by atoms with E-state index in [9.17, 15) is 5.11 Å². The summed E-state index contributed by atoms with van der Waals surface area (Å²) in [5.41, 5.74) is 20.4. The molecule has 0 aromatic heterocycles. The molecule has 1 fully saturated rings. The van der Waals surface area contributed by atoms with Gasteiger partial charge in [-0.1, -0.05) is 24.3 Å². The second kappa shape index (κ2) is 3.39. The number of hydrogen-bond donors (Lipinski definition) is 4. The van der Waals surface area contributed by atoms with Crippen molar-refractivity contribution in [2.24, 2.45) is 17.2 Å².